The predicted molar refractivity (Wildman–Crippen MR) is 34.1 cm³/mol. The number of hydrogen-bond acceptors (Lipinski definition) is 2. The summed E-state index contributed by atoms with van der Waals surface area (Å²) in [4.78, 5) is 4.98. The van der Waals surface area contributed by atoms with E-state index in [0.29, 0.717) is 5.11 Å². The van der Waals surface area contributed by atoms with Crippen LogP contribution in [0.25, 0.3) is 0 Å². The third-order valence-electron chi connectivity index (χ3n) is 0.998. The Morgan fingerprint density at radius 3 is 2.75 bits per heavy atom. The van der Waals surface area contributed by atoms with E-state index in [2.05, 4.69) is 12.2 Å². The fourth-order valence-electron chi connectivity index (χ4n) is 0.621. The van der Waals surface area contributed by atoms with Crippen molar-refractivity contribution in [3.8, 4) is 0 Å². The maximum absolute atomic E-state index is 5.23. The van der Waals surface area contributed by atoms with Gasteiger partial charge in [0.15, 0.2) is 5.11 Å². The molecule has 46 valence electrons. The Balaban J connectivity index is 2.35. The van der Waals surface area contributed by atoms with Crippen LogP contribution in [0.2, 0.25) is 0 Å². The lowest BCUT2D eigenvalue weighted by molar-refractivity contribution is -0.0425. The molecule has 3 nitrogen and oxygen atoms in total. The summed E-state index contributed by atoms with van der Waals surface area (Å²) < 4.78 is 0. The fraction of sp³-hybridized carbons (Fsp3) is 0.750. The van der Waals surface area contributed by atoms with Gasteiger partial charge in [0.25, 0.3) is 0 Å². The zero-order chi connectivity index (χ0) is 5.98. The molecule has 8 heavy (non-hydrogen) atoms. The maximum atomic E-state index is 5.23. The van der Waals surface area contributed by atoms with Gasteiger partial charge >= 0.3 is 0 Å². The first-order chi connectivity index (χ1) is 3.80. The molecule has 1 fully saturated rings. The Morgan fingerprint density at radius 2 is 2.50 bits per heavy atom. The van der Waals surface area contributed by atoms with Gasteiger partial charge in [-0.1, -0.05) is 0 Å². The highest BCUT2D eigenvalue weighted by molar-refractivity contribution is 7.80. The summed E-state index contributed by atoms with van der Waals surface area (Å²) in [5, 5.41) is 1.87. The number of hydrogen-bond donors (Lipinski definition) is 1. The van der Waals surface area contributed by atoms with E-state index in [4.69, 9.17) is 10.6 Å². The summed E-state index contributed by atoms with van der Waals surface area (Å²) in [6, 6.07) is 0. The van der Waals surface area contributed by atoms with Crippen LogP contribution in [-0.2, 0) is 4.84 Å². The second-order valence-electron chi connectivity index (χ2n) is 1.63. The van der Waals surface area contributed by atoms with Crippen molar-refractivity contribution in [1.82, 2.24) is 5.06 Å². The van der Waals surface area contributed by atoms with Crippen LogP contribution < -0.4 is 5.73 Å². The number of nitrogens with zero attached hydrogens (tertiary/aromatic N) is 1. The number of nitrogens with two attached hydrogens (primary N) is 1. The summed E-state index contributed by atoms with van der Waals surface area (Å²) in [6.45, 7) is 1.59. The zero-order valence-corrected chi connectivity index (χ0v) is 5.28. The average molecular weight is 132 g/mol. The molecular weight excluding hydrogens is 124 g/mol. The summed E-state index contributed by atoms with van der Waals surface area (Å²) in [7, 11) is 0. The molecule has 0 aromatic carbocycles. The second kappa shape index (κ2) is 2.28. The largest absolute Gasteiger partial charge is 0.374 e. The molecular formula is C4H8N2OS. The Morgan fingerprint density at radius 1 is 1.75 bits per heavy atom. The zero-order valence-electron chi connectivity index (χ0n) is 4.46. The minimum Gasteiger partial charge on any atom is -0.374 e. The molecule has 0 spiro atoms. The van der Waals surface area contributed by atoms with Crippen molar-refractivity contribution in [2.75, 3.05) is 13.2 Å². The highest BCUT2D eigenvalue weighted by Crippen LogP contribution is 2.01. The van der Waals surface area contributed by atoms with Gasteiger partial charge in [0.1, 0.15) is 0 Å². The first-order valence-corrected chi connectivity index (χ1v) is 2.91. The molecule has 0 aromatic rings. The summed E-state index contributed by atoms with van der Waals surface area (Å²) in [6.07, 6.45) is 1.03. The van der Waals surface area contributed by atoms with Gasteiger partial charge < -0.3 is 5.73 Å². The van der Waals surface area contributed by atoms with E-state index in [-0.39, 0.29) is 0 Å². The van der Waals surface area contributed by atoms with Crippen LogP contribution in [0.3, 0.4) is 0 Å². The molecule has 0 radical (unpaired) electrons. The lowest BCUT2D eigenvalue weighted by Gasteiger charge is -2.11. The first-order valence-electron chi connectivity index (χ1n) is 2.50. The number of thiocarbonyl (C=S) groups is 1. The Kier molecular flexibility index (Phi) is 1.65. The Bertz CT molecular complexity index is 100. The van der Waals surface area contributed by atoms with Crippen molar-refractivity contribution in [3.05, 3.63) is 0 Å². The van der Waals surface area contributed by atoms with Gasteiger partial charge in [-0.3, -0.25) is 4.84 Å². The minimum absolute atomic E-state index is 0.336. The molecule has 0 atom stereocenters. The van der Waals surface area contributed by atoms with Gasteiger partial charge in [0, 0.05) is 0 Å². The molecule has 0 aromatic heterocycles. The van der Waals surface area contributed by atoms with Crippen LogP contribution in [0, 0.1) is 0 Å². The van der Waals surface area contributed by atoms with Crippen molar-refractivity contribution >= 4 is 17.3 Å². The molecule has 1 heterocycles. The van der Waals surface area contributed by atoms with Crippen molar-refractivity contribution in [2.45, 2.75) is 6.42 Å². The van der Waals surface area contributed by atoms with E-state index in [1.807, 2.05) is 0 Å². The molecule has 0 aliphatic carbocycles. The van der Waals surface area contributed by atoms with Crippen molar-refractivity contribution in [3.63, 3.8) is 0 Å². The molecule has 0 unspecified atom stereocenters. The maximum Gasteiger partial charge on any atom is 0.190 e. The molecule has 2 N–H and O–H groups in total. The lowest BCUT2D eigenvalue weighted by Crippen LogP contribution is -2.31. The van der Waals surface area contributed by atoms with Crippen LogP contribution in [-0.4, -0.2) is 23.3 Å². The second-order valence-corrected chi connectivity index (χ2v) is 2.05. The van der Waals surface area contributed by atoms with Crippen LogP contribution in [0.5, 0.6) is 0 Å². The molecule has 1 saturated heterocycles. The van der Waals surface area contributed by atoms with Crippen LogP contribution in [0.4, 0.5) is 0 Å². The summed E-state index contributed by atoms with van der Waals surface area (Å²) >= 11 is 4.63. The van der Waals surface area contributed by atoms with Crippen molar-refractivity contribution < 1.29 is 4.84 Å². The Hall–Kier alpha value is -0.350. The third kappa shape index (κ3) is 1.08. The molecule has 1 aliphatic rings. The SMILES string of the molecule is NC(=S)N1CCCO1. The van der Waals surface area contributed by atoms with E-state index in [9.17, 15) is 0 Å². The molecule has 0 saturated carbocycles. The minimum atomic E-state index is 0.336. The molecule has 1 rings (SSSR count). The third-order valence-corrected chi connectivity index (χ3v) is 1.20. The Labute approximate surface area is 53.4 Å². The van der Waals surface area contributed by atoms with Crippen LogP contribution >= 0.6 is 12.2 Å². The molecule has 4 heteroatoms. The van der Waals surface area contributed by atoms with Crippen LogP contribution in [0.15, 0.2) is 0 Å². The van der Waals surface area contributed by atoms with Crippen molar-refractivity contribution in [1.29, 1.82) is 0 Å². The lowest BCUT2D eigenvalue weighted by atomic mass is 10.5. The monoisotopic (exact) mass is 132 g/mol. The van der Waals surface area contributed by atoms with Gasteiger partial charge in [-0.25, -0.2) is 5.06 Å². The fourth-order valence-corrected chi connectivity index (χ4v) is 0.765. The highest BCUT2D eigenvalue weighted by Gasteiger charge is 2.12. The average Bonchev–Trinajstić information content (AvgIpc) is 2.12. The highest BCUT2D eigenvalue weighted by atomic mass is 32.1. The van der Waals surface area contributed by atoms with E-state index in [1.165, 1.54) is 5.06 Å². The summed E-state index contributed by atoms with van der Waals surface area (Å²) in [5.41, 5.74) is 5.23. The number of hydroxylamine groups is 2. The van der Waals surface area contributed by atoms with E-state index in [0.717, 1.165) is 19.6 Å². The predicted octanol–water partition coefficient (Wildman–Crippen LogP) is -0.133. The van der Waals surface area contributed by atoms with E-state index in [1.54, 1.807) is 0 Å². The van der Waals surface area contributed by atoms with E-state index >= 15 is 0 Å². The van der Waals surface area contributed by atoms with Gasteiger partial charge in [0.05, 0.1) is 13.2 Å². The summed E-state index contributed by atoms with van der Waals surface area (Å²) in [5.74, 6) is 0. The smallest absolute Gasteiger partial charge is 0.190 e. The van der Waals surface area contributed by atoms with Gasteiger partial charge in [-0.2, -0.15) is 0 Å². The normalized spacial score (nSPS) is 19.2. The van der Waals surface area contributed by atoms with Gasteiger partial charge in [-0.15, -0.1) is 0 Å². The molecule has 0 bridgehead atoms. The van der Waals surface area contributed by atoms with E-state index < -0.39 is 0 Å². The van der Waals surface area contributed by atoms with Crippen LogP contribution in [0.1, 0.15) is 6.42 Å². The van der Waals surface area contributed by atoms with Gasteiger partial charge in [-0.05, 0) is 18.6 Å². The topological polar surface area (TPSA) is 38.5 Å². The quantitative estimate of drug-likeness (QED) is 0.466. The van der Waals surface area contributed by atoms with Gasteiger partial charge in [0.2, 0.25) is 0 Å². The molecule has 0 amide bonds. The number of rotatable bonds is 0. The molecule has 1 aliphatic heterocycles. The first kappa shape index (κ1) is 5.78. The standard InChI is InChI=1S/C4H8N2OS/c5-4(8)6-2-1-3-7-6/h1-3H2,(H2,5,8). The van der Waals surface area contributed by atoms with Crippen molar-refractivity contribution in [2.24, 2.45) is 5.73 Å².